The molecule has 1 heterocycles. The van der Waals surface area contributed by atoms with Crippen LogP contribution in [0.1, 0.15) is 35.9 Å². The van der Waals surface area contributed by atoms with E-state index >= 15 is 0 Å². The number of ketones is 1. The summed E-state index contributed by atoms with van der Waals surface area (Å²) in [5, 5.41) is 0. The molecule has 0 aliphatic carbocycles. The summed E-state index contributed by atoms with van der Waals surface area (Å²) >= 11 is 2.23. The van der Waals surface area contributed by atoms with Crippen LogP contribution in [0.4, 0.5) is 0 Å². The minimum Gasteiger partial charge on any atom is -0.327 e. The number of Topliss-reactive ketones (excluding diaryl/α,β-unsaturated/α-hetero) is 1. The highest BCUT2D eigenvalue weighted by molar-refractivity contribution is 14.1. The van der Waals surface area contributed by atoms with Gasteiger partial charge in [0.25, 0.3) is 0 Å². The summed E-state index contributed by atoms with van der Waals surface area (Å²) in [4.78, 5) is 16.4. The maximum atomic E-state index is 12.1. The van der Waals surface area contributed by atoms with E-state index in [0.29, 0.717) is 12.5 Å². The Morgan fingerprint density at radius 2 is 2.00 bits per heavy atom. The molecular formula is C14H15IN2O. The molecule has 0 fully saturated rings. The zero-order chi connectivity index (χ0) is 13.1. The zero-order valence-electron chi connectivity index (χ0n) is 10.4. The van der Waals surface area contributed by atoms with Gasteiger partial charge in [-0.1, -0.05) is 26.0 Å². The fraction of sp³-hybridized carbons (Fsp3) is 0.286. The zero-order valence-corrected chi connectivity index (χ0v) is 12.6. The molecule has 0 N–H and O–H groups in total. The molecule has 18 heavy (non-hydrogen) atoms. The van der Waals surface area contributed by atoms with E-state index in [1.54, 1.807) is 6.20 Å². The Balaban J connectivity index is 2.16. The molecule has 3 nitrogen and oxygen atoms in total. The highest BCUT2D eigenvalue weighted by atomic mass is 127. The van der Waals surface area contributed by atoms with Crippen molar-refractivity contribution in [3.05, 3.63) is 51.6 Å². The summed E-state index contributed by atoms with van der Waals surface area (Å²) in [7, 11) is 0. The maximum Gasteiger partial charge on any atom is 0.182 e. The normalized spacial score (nSPS) is 10.9. The monoisotopic (exact) mass is 354 g/mol. The molecule has 1 aromatic carbocycles. The summed E-state index contributed by atoms with van der Waals surface area (Å²) in [5.74, 6) is 1.39. The van der Waals surface area contributed by atoms with Crippen molar-refractivity contribution in [1.82, 2.24) is 9.55 Å². The summed E-state index contributed by atoms with van der Waals surface area (Å²) in [6, 6.07) is 7.64. The van der Waals surface area contributed by atoms with Gasteiger partial charge in [-0.2, -0.15) is 0 Å². The number of benzene rings is 1. The summed E-state index contributed by atoms with van der Waals surface area (Å²) in [6.45, 7) is 4.51. The minimum atomic E-state index is 0.117. The Labute approximate surface area is 120 Å². The molecular weight excluding hydrogens is 339 g/mol. The highest BCUT2D eigenvalue weighted by Crippen LogP contribution is 2.13. The van der Waals surface area contributed by atoms with Gasteiger partial charge in [0.2, 0.25) is 0 Å². The maximum absolute atomic E-state index is 12.1. The van der Waals surface area contributed by atoms with Crippen LogP contribution in [0.2, 0.25) is 0 Å². The molecule has 2 aromatic rings. The number of hydrogen-bond donors (Lipinski definition) is 0. The number of hydrogen-bond acceptors (Lipinski definition) is 2. The predicted octanol–water partition coefficient (Wildman–Crippen LogP) is 3.49. The average Bonchev–Trinajstić information content (AvgIpc) is 2.78. The molecule has 0 aliphatic heterocycles. The molecule has 2 rings (SSSR count). The van der Waals surface area contributed by atoms with E-state index < -0.39 is 0 Å². The van der Waals surface area contributed by atoms with Crippen LogP contribution in [0, 0.1) is 3.57 Å². The van der Waals surface area contributed by atoms with Gasteiger partial charge in [-0.05, 0) is 34.7 Å². The first-order valence-electron chi connectivity index (χ1n) is 5.87. The molecule has 0 radical (unpaired) electrons. The minimum absolute atomic E-state index is 0.117. The van der Waals surface area contributed by atoms with Crippen molar-refractivity contribution in [3.8, 4) is 0 Å². The fourth-order valence-electron chi connectivity index (χ4n) is 1.84. The van der Waals surface area contributed by atoms with Crippen molar-refractivity contribution >= 4 is 28.4 Å². The van der Waals surface area contributed by atoms with Crippen molar-refractivity contribution in [1.29, 1.82) is 0 Å². The van der Waals surface area contributed by atoms with Gasteiger partial charge in [0.15, 0.2) is 5.78 Å². The molecule has 0 spiro atoms. The Morgan fingerprint density at radius 3 is 2.61 bits per heavy atom. The largest absolute Gasteiger partial charge is 0.327 e. The summed E-state index contributed by atoms with van der Waals surface area (Å²) in [6.07, 6.45) is 3.61. The summed E-state index contributed by atoms with van der Waals surface area (Å²) in [5.41, 5.74) is 0.749. The number of nitrogens with zero attached hydrogens (tertiary/aromatic N) is 2. The Morgan fingerprint density at radius 1 is 1.33 bits per heavy atom. The lowest BCUT2D eigenvalue weighted by Crippen LogP contribution is -2.13. The van der Waals surface area contributed by atoms with Crippen LogP contribution in [-0.2, 0) is 6.54 Å². The van der Waals surface area contributed by atoms with E-state index in [4.69, 9.17) is 0 Å². The van der Waals surface area contributed by atoms with Crippen LogP contribution in [0.15, 0.2) is 36.7 Å². The van der Waals surface area contributed by atoms with E-state index in [-0.39, 0.29) is 5.78 Å². The number of halogens is 1. The SMILES string of the molecule is CC(C)c1nccn1CC(=O)c1ccc(I)cc1. The third-order valence-corrected chi connectivity index (χ3v) is 3.46. The molecule has 0 saturated carbocycles. The second kappa shape index (κ2) is 5.65. The first kappa shape index (κ1) is 13.3. The van der Waals surface area contributed by atoms with Crippen LogP contribution in [-0.4, -0.2) is 15.3 Å². The van der Waals surface area contributed by atoms with Gasteiger partial charge in [-0.25, -0.2) is 4.98 Å². The molecule has 0 aliphatic rings. The topological polar surface area (TPSA) is 34.9 Å². The van der Waals surface area contributed by atoms with Crippen LogP contribution >= 0.6 is 22.6 Å². The molecule has 0 saturated heterocycles. The quantitative estimate of drug-likeness (QED) is 0.622. The number of imidazole rings is 1. The van der Waals surface area contributed by atoms with Crippen molar-refractivity contribution < 1.29 is 4.79 Å². The number of aromatic nitrogens is 2. The van der Waals surface area contributed by atoms with Gasteiger partial charge in [-0.15, -0.1) is 0 Å². The van der Waals surface area contributed by atoms with Crippen molar-refractivity contribution in [2.45, 2.75) is 26.3 Å². The smallest absolute Gasteiger partial charge is 0.182 e. The van der Waals surface area contributed by atoms with Gasteiger partial charge in [0, 0.05) is 27.4 Å². The first-order chi connectivity index (χ1) is 8.58. The van der Waals surface area contributed by atoms with Crippen LogP contribution < -0.4 is 0 Å². The van der Waals surface area contributed by atoms with E-state index in [1.807, 2.05) is 35.0 Å². The molecule has 0 atom stereocenters. The average molecular weight is 354 g/mol. The van der Waals surface area contributed by atoms with Crippen molar-refractivity contribution in [3.63, 3.8) is 0 Å². The van der Waals surface area contributed by atoms with Gasteiger partial charge in [0.05, 0.1) is 6.54 Å². The lowest BCUT2D eigenvalue weighted by atomic mass is 10.1. The van der Waals surface area contributed by atoms with E-state index in [0.717, 1.165) is 15.0 Å². The highest BCUT2D eigenvalue weighted by Gasteiger charge is 2.11. The van der Waals surface area contributed by atoms with Crippen molar-refractivity contribution in [2.24, 2.45) is 0 Å². The number of rotatable bonds is 4. The van der Waals surface area contributed by atoms with Crippen LogP contribution in [0.3, 0.4) is 0 Å². The van der Waals surface area contributed by atoms with Gasteiger partial charge < -0.3 is 4.57 Å². The Hall–Kier alpha value is -1.17. The van der Waals surface area contributed by atoms with Gasteiger partial charge in [-0.3, -0.25) is 4.79 Å². The van der Waals surface area contributed by atoms with E-state index in [1.165, 1.54) is 0 Å². The van der Waals surface area contributed by atoms with Crippen molar-refractivity contribution in [2.75, 3.05) is 0 Å². The standard InChI is InChI=1S/C14H15IN2O/c1-10(2)14-16-7-8-17(14)9-13(18)11-3-5-12(15)6-4-11/h3-8,10H,9H2,1-2H3. The molecule has 94 valence electrons. The van der Waals surface area contributed by atoms with Crippen LogP contribution in [0.25, 0.3) is 0 Å². The first-order valence-corrected chi connectivity index (χ1v) is 6.95. The summed E-state index contributed by atoms with van der Waals surface area (Å²) < 4.78 is 3.06. The second-order valence-electron chi connectivity index (χ2n) is 4.50. The Kier molecular flexibility index (Phi) is 4.16. The molecule has 0 unspecified atom stereocenters. The number of carbonyl (C=O) groups is 1. The van der Waals surface area contributed by atoms with E-state index in [9.17, 15) is 4.79 Å². The molecule has 1 aromatic heterocycles. The van der Waals surface area contributed by atoms with Gasteiger partial charge in [0.1, 0.15) is 5.82 Å². The van der Waals surface area contributed by atoms with Crippen LogP contribution in [0.5, 0.6) is 0 Å². The predicted molar refractivity (Wildman–Crippen MR) is 79.8 cm³/mol. The van der Waals surface area contributed by atoms with Gasteiger partial charge >= 0.3 is 0 Å². The lowest BCUT2D eigenvalue weighted by molar-refractivity contribution is 0.0971. The third kappa shape index (κ3) is 2.98. The lowest BCUT2D eigenvalue weighted by Gasteiger charge is -2.09. The van der Waals surface area contributed by atoms with E-state index in [2.05, 4.69) is 41.4 Å². The third-order valence-electron chi connectivity index (χ3n) is 2.74. The second-order valence-corrected chi connectivity index (χ2v) is 5.74. The molecule has 0 bridgehead atoms. The molecule has 4 heteroatoms. The number of carbonyl (C=O) groups excluding carboxylic acids is 1. The molecule has 0 amide bonds. The Bertz CT molecular complexity index is 543. The fourth-order valence-corrected chi connectivity index (χ4v) is 2.20.